The number of amides is 1. The van der Waals surface area contributed by atoms with Gasteiger partial charge in [-0.15, -0.1) is 0 Å². The van der Waals surface area contributed by atoms with Crippen LogP contribution in [0, 0.1) is 5.82 Å². The lowest BCUT2D eigenvalue weighted by molar-refractivity contribution is -0.148. The van der Waals surface area contributed by atoms with Crippen LogP contribution in [0.15, 0.2) is 22.7 Å². The van der Waals surface area contributed by atoms with Crippen LogP contribution in [0.3, 0.4) is 0 Å². The average Bonchev–Trinajstić information content (AvgIpc) is 2.26. The quantitative estimate of drug-likeness (QED) is 0.849. The summed E-state index contributed by atoms with van der Waals surface area (Å²) in [5, 5.41) is 9.19. The van der Waals surface area contributed by atoms with Crippen LogP contribution < -0.4 is 0 Å². The maximum Gasteiger partial charge on any atom is 0.331 e. The molecule has 0 radical (unpaired) electrons. The number of hydrogen-bond donors (Lipinski definition) is 1. The van der Waals surface area contributed by atoms with Gasteiger partial charge in [-0.2, -0.15) is 0 Å². The van der Waals surface area contributed by atoms with Crippen LogP contribution in [-0.4, -0.2) is 28.4 Å². The van der Waals surface area contributed by atoms with Crippen LogP contribution in [-0.2, 0) is 9.59 Å². The number of carboxylic acids is 1. The molecule has 0 bridgehead atoms. The molecule has 98 valence electrons. The van der Waals surface area contributed by atoms with Gasteiger partial charge in [-0.05, 0) is 26.0 Å². The number of rotatable bonds is 5. The summed E-state index contributed by atoms with van der Waals surface area (Å²) >= 11 is 3.09. The van der Waals surface area contributed by atoms with Gasteiger partial charge in [0.2, 0.25) is 6.41 Å². The average molecular weight is 318 g/mol. The highest BCUT2D eigenvalue weighted by molar-refractivity contribution is 9.10. The molecule has 0 aliphatic heterocycles. The molecule has 4 nitrogen and oxygen atoms in total. The fourth-order valence-corrected chi connectivity index (χ4v) is 1.96. The fourth-order valence-electron chi connectivity index (χ4n) is 1.63. The number of carbonyl (C=O) groups excluding carboxylic acids is 1. The minimum Gasteiger partial charge on any atom is -0.479 e. The van der Waals surface area contributed by atoms with Gasteiger partial charge in [-0.1, -0.05) is 22.0 Å². The van der Waals surface area contributed by atoms with Crippen molar-refractivity contribution in [2.45, 2.75) is 25.9 Å². The lowest BCUT2D eigenvalue weighted by Gasteiger charge is -2.29. The Morgan fingerprint density at radius 3 is 2.50 bits per heavy atom. The Morgan fingerprint density at radius 1 is 1.50 bits per heavy atom. The number of halogens is 2. The predicted molar refractivity (Wildman–Crippen MR) is 67.5 cm³/mol. The Hall–Kier alpha value is -1.43. The zero-order valence-corrected chi connectivity index (χ0v) is 11.5. The first-order valence-corrected chi connectivity index (χ1v) is 6.08. The molecule has 1 atom stereocenters. The third kappa shape index (κ3) is 3.07. The summed E-state index contributed by atoms with van der Waals surface area (Å²) in [4.78, 5) is 23.3. The summed E-state index contributed by atoms with van der Waals surface area (Å²) in [5.41, 5.74) is -0.0356. The molecule has 0 spiro atoms. The minimum absolute atomic E-state index is 0.0356. The molecule has 1 aromatic rings. The Bertz CT molecular complexity index is 465. The third-order valence-electron chi connectivity index (χ3n) is 2.51. The lowest BCUT2D eigenvalue weighted by atomic mass is 10.0. The van der Waals surface area contributed by atoms with Gasteiger partial charge in [0.05, 0.1) is 0 Å². The highest BCUT2D eigenvalue weighted by atomic mass is 79.9. The minimum atomic E-state index is -1.32. The molecule has 18 heavy (non-hydrogen) atoms. The number of carboxylic acid groups (broad SMARTS) is 1. The molecule has 0 heterocycles. The standard InChI is InChI=1S/C12H13BrFNO3/c1-7(2)15(6-16)11(12(17)18)9-4-3-8(13)5-10(9)14/h3-7,11H,1-2H3,(H,17,18). The van der Waals surface area contributed by atoms with Crippen LogP contribution in [0.4, 0.5) is 4.39 Å². The molecule has 0 aliphatic carbocycles. The van der Waals surface area contributed by atoms with Gasteiger partial charge in [-0.3, -0.25) is 4.79 Å². The van der Waals surface area contributed by atoms with E-state index in [1.807, 2.05) is 0 Å². The second-order valence-corrected chi connectivity index (χ2v) is 4.97. The lowest BCUT2D eigenvalue weighted by Crippen LogP contribution is -2.38. The molecule has 0 fully saturated rings. The maximum absolute atomic E-state index is 13.8. The summed E-state index contributed by atoms with van der Waals surface area (Å²) in [6.45, 7) is 3.34. The van der Waals surface area contributed by atoms with Gasteiger partial charge < -0.3 is 10.0 Å². The summed E-state index contributed by atoms with van der Waals surface area (Å²) in [5.74, 6) is -1.93. The SMILES string of the molecule is CC(C)N(C=O)C(C(=O)O)c1ccc(Br)cc1F. The van der Waals surface area contributed by atoms with Gasteiger partial charge in [0.25, 0.3) is 0 Å². The van der Waals surface area contributed by atoms with Crippen LogP contribution in [0.2, 0.25) is 0 Å². The van der Waals surface area contributed by atoms with Gasteiger partial charge in [0.15, 0.2) is 6.04 Å². The Kier molecular flexibility index (Phi) is 4.84. The normalized spacial score (nSPS) is 12.3. The van der Waals surface area contributed by atoms with E-state index in [1.165, 1.54) is 18.2 Å². The second kappa shape index (κ2) is 5.95. The molecule has 0 saturated carbocycles. The number of nitrogens with zero attached hydrogens (tertiary/aromatic N) is 1. The first kappa shape index (κ1) is 14.6. The van der Waals surface area contributed by atoms with Crippen molar-refractivity contribution in [2.75, 3.05) is 0 Å². The van der Waals surface area contributed by atoms with Crippen molar-refractivity contribution in [1.29, 1.82) is 0 Å². The van der Waals surface area contributed by atoms with Crippen molar-refractivity contribution in [3.8, 4) is 0 Å². The monoisotopic (exact) mass is 317 g/mol. The molecule has 0 aliphatic rings. The van der Waals surface area contributed by atoms with E-state index in [2.05, 4.69) is 15.9 Å². The molecular weight excluding hydrogens is 305 g/mol. The van der Waals surface area contributed by atoms with E-state index in [0.717, 1.165) is 4.90 Å². The molecule has 6 heteroatoms. The molecule has 1 amide bonds. The maximum atomic E-state index is 13.8. The van der Waals surface area contributed by atoms with Gasteiger partial charge >= 0.3 is 5.97 Å². The fraction of sp³-hybridized carbons (Fsp3) is 0.333. The first-order chi connectivity index (χ1) is 8.38. The zero-order valence-electron chi connectivity index (χ0n) is 9.93. The molecule has 0 aromatic heterocycles. The first-order valence-electron chi connectivity index (χ1n) is 5.29. The van der Waals surface area contributed by atoms with E-state index in [9.17, 15) is 19.1 Å². The van der Waals surface area contributed by atoms with Crippen LogP contribution in [0.5, 0.6) is 0 Å². The van der Waals surface area contributed by atoms with Crippen molar-refractivity contribution in [1.82, 2.24) is 4.90 Å². The molecule has 1 aromatic carbocycles. The highest BCUT2D eigenvalue weighted by Gasteiger charge is 2.30. The zero-order chi connectivity index (χ0) is 13.9. The van der Waals surface area contributed by atoms with E-state index < -0.39 is 17.8 Å². The number of hydrogen-bond acceptors (Lipinski definition) is 2. The predicted octanol–water partition coefficient (Wildman–Crippen LogP) is 2.58. The number of carbonyl (C=O) groups is 2. The summed E-state index contributed by atoms with van der Waals surface area (Å²) in [7, 11) is 0. The van der Waals surface area contributed by atoms with Gasteiger partial charge in [0.1, 0.15) is 5.82 Å². The van der Waals surface area contributed by atoms with Crippen LogP contribution in [0.25, 0.3) is 0 Å². The molecule has 1 N–H and O–H groups in total. The van der Waals surface area contributed by atoms with Crippen molar-refractivity contribution in [2.24, 2.45) is 0 Å². The van der Waals surface area contributed by atoms with Crippen molar-refractivity contribution >= 4 is 28.3 Å². The summed E-state index contributed by atoms with van der Waals surface area (Å²) < 4.78 is 14.3. The van der Waals surface area contributed by atoms with E-state index in [0.29, 0.717) is 10.9 Å². The topological polar surface area (TPSA) is 57.6 Å². The Morgan fingerprint density at radius 2 is 2.11 bits per heavy atom. The largest absolute Gasteiger partial charge is 0.479 e. The smallest absolute Gasteiger partial charge is 0.331 e. The van der Waals surface area contributed by atoms with E-state index in [-0.39, 0.29) is 11.6 Å². The van der Waals surface area contributed by atoms with Crippen molar-refractivity contribution < 1.29 is 19.1 Å². The number of benzene rings is 1. The summed E-state index contributed by atoms with van der Waals surface area (Å²) in [6, 6.07) is 2.41. The molecule has 0 saturated heterocycles. The Labute approximate surface area is 113 Å². The Balaban J connectivity index is 3.27. The van der Waals surface area contributed by atoms with Crippen molar-refractivity contribution in [3.05, 3.63) is 34.1 Å². The second-order valence-electron chi connectivity index (χ2n) is 4.05. The van der Waals surface area contributed by atoms with Crippen molar-refractivity contribution in [3.63, 3.8) is 0 Å². The van der Waals surface area contributed by atoms with E-state index in [4.69, 9.17) is 0 Å². The molecular formula is C12H13BrFNO3. The molecule has 1 rings (SSSR count). The van der Waals surface area contributed by atoms with Crippen LogP contribution in [0.1, 0.15) is 25.5 Å². The van der Waals surface area contributed by atoms with Gasteiger partial charge in [-0.25, -0.2) is 9.18 Å². The molecule has 1 unspecified atom stereocenters. The highest BCUT2D eigenvalue weighted by Crippen LogP contribution is 2.26. The summed E-state index contributed by atoms with van der Waals surface area (Å²) in [6.07, 6.45) is 0.422. The van der Waals surface area contributed by atoms with Crippen LogP contribution >= 0.6 is 15.9 Å². The third-order valence-corrected chi connectivity index (χ3v) is 3.00. The van der Waals surface area contributed by atoms with Gasteiger partial charge in [0, 0.05) is 16.1 Å². The van der Waals surface area contributed by atoms with E-state index >= 15 is 0 Å². The van der Waals surface area contributed by atoms with E-state index in [1.54, 1.807) is 13.8 Å². The number of aliphatic carboxylic acids is 1.